The van der Waals surface area contributed by atoms with E-state index in [0.29, 0.717) is 12.4 Å². The predicted octanol–water partition coefficient (Wildman–Crippen LogP) is 1.99. The topological polar surface area (TPSA) is 88.9 Å². The molecule has 0 atom stereocenters. The predicted molar refractivity (Wildman–Crippen MR) is 94.3 cm³/mol. The summed E-state index contributed by atoms with van der Waals surface area (Å²) in [7, 11) is 0. The molecule has 2 aromatic rings. The molecule has 128 valence electrons. The van der Waals surface area contributed by atoms with Crippen molar-refractivity contribution in [1.82, 2.24) is 20.3 Å². The molecule has 0 aliphatic heterocycles. The van der Waals surface area contributed by atoms with E-state index in [4.69, 9.17) is 0 Å². The van der Waals surface area contributed by atoms with E-state index in [1.165, 1.54) is 10.9 Å². The van der Waals surface area contributed by atoms with E-state index >= 15 is 0 Å². The van der Waals surface area contributed by atoms with Crippen LogP contribution < -0.4 is 10.6 Å². The summed E-state index contributed by atoms with van der Waals surface area (Å²) in [6, 6.07) is 7.97. The molecule has 0 saturated heterocycles. The Hall–Kier alpha value is -2.22. The minimum Gasteiger partial charge on any atom is -0.354 e. The number of carbonyl (C=O) groups is 2. The highest BCUT2D eigenvalue weighted by Crippen LogP contribution is 2.10. The highest BCUT2D eigenvalue weighted by Gasteiger charge is 2.10. The monoisotopic (exact) mass is 393 g/mol. The number of hydrogen-bond acceptors (Lipinski definition) is 4. The van der Waals surface area contributed by atoms with Crippen LogP contribution in [0.2, 0.25) is 0 Å². The summed E-state index contributed by atoms with van der Waals surface area (Å²) < 4.78 is 2.42. The summed E-state index contributed by atoms with van der Waals surface area (Å²) >= 11 is 3.39. The lowest BCUT2D eigenvalue weighted by Crippen LogP contribution is -2.29. The van der Waals surface area contributed by atoms with Gasteiger partial charge >= 0.3 is 0 Å². The molecule has 1 heterocycles. The van der Waals surface area contributed by atoms with Crippen molar-refractivity contribution in [3.63, 3.8) is 0 Å². The van der Waals surface area contributed by atoms with Gasteiger partial charge < -0.3 is 10.6 Å². The van der Waals surface area contributed by atoms with Crippen LogP contribution in [0.5, 0.6) is 0 Å². The smallest absolute Gasteiger partial charge is 0.241 e. The van der Waals surface area contributed by atoms with Gasteiger partial charge in [-0.2, -0.15) is 0 Å². The molecule has 7 nitrogen and oxygen atoms in total. The van der Waals surface area contributed by atoms with E-state index in [1.54, 1.807) is 13.8 Å². The zero-order valence-electron chi connectivity index (χ0n) is 13.6. The highest BCUT2D eigenvalue weighted by molar-refractivity contribution is 9.10. The molecular weight excluding hydrogens is 374 g/mol. The average Bonchev–Trinajstić information content (AvgIpc) is 2.96. The van der Waals surface area contributed by atoms with E-state index < -0.39 is 0 Å². The Balaban J connectivity index is 1.75. The molecule has 0 aliphatic carbocycles. The third kappa shape index (κ3) is 5.77. The van der Waals surface area contributed by atoms with Crippen molar-refractivity contribution in [2.45, 2.75) is 26.8 Å². The molecule has 24 heavy (non-hydrogen) atoms. The Morgan fingerprint density at radius 1 is 1.25 bits per heavy atom. The van der Waals surface area contributed by atoms with Gasteiger partial charge in [-0.25, -0.2) is 4.68 Å². The lowest BCUT2D eigenvalue weighted by molar-refractivity contribution is -0.122. The summed E-state index contributed by atoms with van der Waals surface area (Å²) in [5.41, 5.74) is 1.15. The number of aromatic nitrogens is 3. The van der Waals surface area contributed by atoms with E-state index in [1.807, 2.05) is 24.3 Å². The first-order chi connectivity index (χ1) is 11.4. The van der Waals surface area contributed by atoms with Crippen LogP contribution in [-0.2, 0) is 22.6 Å². The minimum atomic E-state index is -0.154. The molecule has 0 radical (unpaired) electrons. The first kappa shape index (κ1) is 18.1. The fourth-order valence-electron chi connectivity index (χ4n) is 1.90. The summed E-state index contributed by atoms with van der Waals surface area (Å²) in [5.74, 6) is -0.0897. The standard InChI is InChI=1S/C16H20BrN5O2/c1-11(2)16(24)19-14-9-22(21-20-14)10-15(23)18-8-7-12-3-5-13(17)6-4-12/h3-6,9,11H,7-8,10H2,1-2H3,(H,18,23)(H,19,24). The second kappa shape index (κ2) is 8.58. The Kier molecular flexibility index (Phi) is 6.48. The van der Waals surface area contributed by atoms with Gasteiger partial charge in [-0.1, -0.05) is 47.1 Å². The molecule has 2 amide bonds. The second-order valence-corrected chi connectivity index (χ2v) is 6.59. The maximum atomic E-state index is 11.9. The normalized spacial score (nSPS) is 10.7. The van der Waals surface area contributed by atoms with Gasteiger partial charge in [0.05, 0.1) is 6.20 Å². The molecular formula is C16H20BrN5O2. The number of halogens is 1. The number of rotatable bonds is 7. The van der Waals surface area contributed by atoms with Gasteiger partial charge in [0.1, 0.15) is 6.54 Å². The molecule has 0 bridgehead atoms. The molecule has 1 aromatic heterocycles. The van der Waals surface area contributed by atoms with Crippen molar-refractivity contribution in [2.75, 3.05) is 11.9 Å². The lowest BCUT2D eigenvalue weighted by atomic mass is 10.1. The average molecular weight is 394 g/mol. The van der Waals surface area contributed by atoms with Gasteiger partial charge in [0.15, 0.2) is 5.82 Å². The van der Waals surface area contributed by atoms with Crippen LogP contribution in [-0.4, -0.2) is 33.4 Å². The van der Waals surface area contributed by atoms with Gasteiger partial charge in [-0.3, -0.25) is 9.59 Å². The quantitative estimate of drug-likeness (QED) is 0.752. The van der Waals surface area contributed by atoms with Crippen LogP contribution >= 0.6 is 15.9 Å². The number of anilines is 1. The number of nitrogens with zero attached hydrogens (tertiary/aromatic N) is 3. The number of nitrogens with one attached hydrogen (secondary N) is 2. The van der Waals surface area contributed by atoms with Crippen molar-refractivity contribution < 1.29 is 9.59 Å². The largest absolute Gasteiger partial charge is 0.354 e. The van der Waals surface area contributed by atoms with Gasteiger partial charge in [-0.05, 0) is 24.1 Å². The van der Waals surface area contributed by atoms with Gasteiger partial charge in [0.25, 0.3) is 0 Å². The highest BCUT2D eigenvalue weighted by atomic mass is 79.9. The maximum absolute atomic E-state index is 11.9. The first-order valence-corrected chi connectivity index (χ1v) is 8.45. The molecule has 0 spiro atoms. The molecule has 1 aromatic carbocycles. The molecule has 0 aliphatic rings. The maximum Gasteiger partial charge on any atom is 0.241 e. The van der Waals surface area contributed by atoms with E-state index in [2.05, 4.69) is 36.9 Å². The van der Waals surface area contributed by atoms with Crippen LogP contribution in [0.3, 0.4) is 0 Å². The number of benzene rings is 1. The van der Waals surface area contributed by atoms with Crippen molar-refractivity contribution in [3.8, 4) is 0 Å². The molecule has 0 saturated carbocycles. The fourth-order valence-corrected chi connectivity index (χ4v) is 2.17. The summed E-state index contributed by atoms with van der Waals surface area (Å²) in [6.07, 6.45) is 2.29. The molecule has 0 fully saturated rings. The Morgan fingerprint density at radius 3 is 2.62 bits per heavy atom. The summed E-state index contributed by atoms with van der Waals surface area (Å²) in [6.45, 7) is 4.19. The number of carbonyl (C=O) groups excluding carboxylic acids is 2. The van der Waals surface area contributed by atoms with E-state index in [-0.39, 0.29) is 24.3 Å². The van der Waals surface area contributed by atoms with Crippen molar-refractivity contribution in [1.29, 1.82) is 0 Å². The summed E-state index contributed by atoms with van der Waals surface area (Å²) in [5, 5.41) is 13.1. The summed E-state index contributed by atoms with van der Waals surface area (Å²) in [4.78, 5) is 23.5. The van der Waals surface area contributed by atoms with Crippen LogP contribution in [0.15, 0.2) is 34.9 Å². The van der Waals surface area contributed by atoms with Crippen molar-refractivity contribution in [3.05, 3.63) is 40.5 Å². The van der Waals surface area contributed by atoms with Gasteiger partial charge in [-0.15, -0.1) is 5.10 Å². The third-order valence-electron chi connectivity index (χ3n) is 3.27. The van der Waals surface area contributed by atoms with E-state index in [9.17, 15) is 9.59 Å². The molecule has 2 N–H and O–H groups in total. The third-order valence-corrected chi connectivity index (χ3v) is 3.80. The van der Waals surface area contributed by atoms with Gasteiger partial charge in [0, 0.05) is 16.9 Å². The van der Waals surface area contributed by atoms with Crippen LogP contribution in [0.1, 0.15) is 19.4 Å². The Labute approximate surface area is 148 Å². The van der Waals surface area contributed by atoms with Crippen molar-refractivity contribution in [2.24, 2.45) is 5.92 Å². The van der Waals surface area contributed by atoms with Crippen molar-refractivity contribution >= 4 is 33.6 Å². The molecule has 8 heteroatoms. The molecule has 0 unspecified atom stereocenters. The van der Waals surface area contributed by atoms with Crippen LogP contribution in [0.25, 0.3) is 0 Å². The van der Waals surface area contributed by atoms with Crippen LogP contribution in [0.4, 0.5) is 5.82 Å². The zero-order chi connectivity index (χ0) is 17.5. The van der Waals surface area contributed by atoms with E-state index in [0.717, 1.165) is 16.5 Å². The lowest BCUT2D eigenvalue weighted by Gasteiger charge is -2.05. The first-order valence-electron chi connectivity index (χ1n) is 7.66. The Morgan fingerprint density at radius 2 is 1.96 bits per heavy atom. The van der Waals surface area contributed by atoms with Gasteiger partial charge in [0.2, 0.25) is 11.8 Å². The fraction of sp³-hybridized carbons (Fsp3) is 0.375. The second-order valence-electron chi connectivity index (χ2n) is 5.67. The van der Waals surface area contributed by atoms with Crippen LogP contribution in [0, 0.1) is 5.92 Å². The Bertz CT molecular complexity index is 697. The number of hydrogen-bond donors (Lipinski definition) is 2. The zero-order valence-corrected chi connectivity index (χ0v) is 15.2. The molecule has 2 rings (SSSR count). The number of amides is 2. The minimum absolute atomic E-state index is 0.0604. The SMILES string of the molecule is CC(C)C(=O)Nc1cn(CC(=O)NCCc2ccc(Br)cc2)nn1.